The van der Waals surface area contributed by atoms with Crippen molar-refractivity contribution in [3.63, 3.8) is 0 Å². The number of benzene rings is 2. The van der Waals surface area contributed by atoms with Crippen molar-refractivity contribution in [1.82, 2.24) is 0 Å². The third kappa shape index (κ3) is 4.12. The van der Waals surface area contributed by atoms with Crippen LogP contribution in [0.1, 0.15) is 27.1 Å². The molecule has 130 valence electrons. The van der Waals surface area contributed by atoms with E-state index in [9.17, 15) is 14.4 Å². The van der Waals surface area contributed by atoms with Crippen LogP contribution in [-0.2, 0) is 4.79 Å². The van der Waals surface area contributed by atoms with Crippen molar-refractivity contribution in [2.24, 2.45) is 5.73 Å². The van der Waals surface area contributed by atoms with Crippen molar-refractivity contribution in [3.8, 4) is 5.75 Å². The number of ether oxygens (including phenoxy) is 1. The van der Waals surface area contributed by atoms with E-state index in [1.54, 1.807) is 18.2 Å². The number of carboxylic acids is 1. The molecule has 0 aliphatic rings. The predicted octanol–water partition coefficient (Wildman–Crippen LogP) is 1.05. The molecule has 2 aromatic rings. The smallest absolute Gasteiger partial charge is 0.345 e. The Kier molecular flexibility index (Phi) is 5.35. The molecule has 0 aromatic heterocycles. The number of hydrogen-bond donors (Lipinski definition) is 4. The summed E-state index contributed by atoms with van der Waals surface area (Å²) in [4.78, 5) is 35.1. The van der Waals surface area contributed by atoms with Crippen LogP contribution in [0, 0.1) is 0 Å². The highest BCUT2D eigenvalue weighted by molar-refractivity contribution is 6.04. The van der Waals surface area contributed by atoms with E-state index in [0.29, 0.717) is 0 Å². The molecule has 0 spiro atoms. The lowest BCUT2D eigenvalue weighted by atomic mass is 10.0. The van der Waals surface area contributed by atoms with E-state index in [1.807, 2.05) is 0 Å². The van der Waals surface area contributed by atoms with Crippen molar-refractivity contribution in [2.75, 3.05) is 11.5 Å². The quantitative estimate of drug-likeness (QED) is 0.262. The Balaban J connectivity index is 2.24. The lowest BCUT2D eigenvalue weighted by molar-refractivity contribution is -0.138. The molecule has 0 saturated heterocycles. The number of para-hydroxylation sites is 2. The average molecular weight is 343 g/mol. The van der Waals surface area contributed by atoms with Crippen LogP contribution in [0.2, 0.25) is 0 Å². The average Bonchev–Trinajstić information content (AvgIpc) is 2.56. The van der Waals surface area contributed by atoms with Crippen molar-refractivity contribution >= 4 is 29.1 Å². The van der Waals surface area contributed by atoms with Crippen LogP contribution in [0.4, 0.5) is 11.4 Å². The number of anilines is 2. The van der Waals surface area contributed by atoms with Gasteiger partial charge >= 0.3 is 11.9 Å². The number of ketones is 1. The van der Waals surface area contributed by atoms with Crippen LogP contribution in [0.5, 0.6) is 5.75 Å². The molecule has 8 heteroatoms. The zero-order chi connectivity index (χ0) is 18.6. The third-order valence-corrected chi connectivity index (χ3v) is 3.47. The van der Waals surface area contributed by atoms with Gasteiger partial charge in [0.25, 0.3) is 0 Å². The summed E-state index contributed by atoms with van der Waals surface area (Å²) >= 11 is 0. The van der Waals surface area contributed by atoms with E-state index in [4.69, 9.17) is 27.0 Å². The van der Waals surface area contributed by atoms with Gasteiger partial charge in [-0.25, -0.2) is 4.79 Å². The first-order chi connectivity index (χ1) is 11.8. The summed E-state index contributed by atoms with van der Waals surface area (Å²) in [5, 5.41) is 8.78. The number of Topliss-reactive ketones (excluding diaryl/α,β-unsaturated/α-hetero) is 1. The van der Waals surface area contributed by atoms with Gasteiger partial charge < -0.3 is 27.0 Å². The number of carbonyl (C=O) groups excluding carboxylic acids is 2. The van der Waals surface area contributed by atoms with Gasteiger partial charge in [-0.05, 0) is 24.3 Å². The summed E-state index contributed by atoms with van der Waals surface area (Å²) in [6.07, 6.45) is -0.428. The fourth-order valence-electron chi connectivity index (χ4n) is 2.11. The predicted molar refractivity (Wildman–Crippen MR) is 91.2 cm³/mol. The minimum atomic E-state index is -1.35. The molecule has 0 bridgehead atoms. The molecule has 2 rings (SSSR count). The summed E-state index contributed by atoms with van der Waals surface area (Å²) in [6.45, 7) is 0. The van der Waals surface area contributed by atoms with Crippen LogP contribution in [0.3, 0.4) is 0 Å². The summed E-state index contributed by atoms with van der Waals surface area (Å²) in [7, 11) is 0. The number of nitrogen functional groups attached to an aromatic ring is 2. The van der Waals surface area contributed by atoms with Crippen LogP contribution in [0.15, 0.2) is 42.5 Å². The first kappa shape index (κ1) is 18.0. The van der Waals surface area contributed by atoms with E-state index in [0.717, 1.165) is 0 Å². The van der Waals surface area contributed by atoms with E-state index < -0.39 is 30.2 Å². The molecule has 2 aromatic carbocycles. The molecule has 0 radical (unpaired) electrons. The van der Waals surface area contributed by atoms with Crippen LogP contribution in [-0.4, -0.2) is 28.9 Å². The number of aliphatic carboxylic acids is 1. The Hall–Kier alpha value is -3.39. The molecular formula is C17H17N3O5. The van der Waals surface area contributed by atoms with E-state index in [-0.39, 0.29) is 28.3 Å². The first-order valence-corrected chi connectivity index (χ1v) is 7.28. The summed E-state index contributed by atoms with van der Waals surface area (Å²) in [6, 6.07) is 9.28. The number of carbonyl (C=O) groups is 3. The maximum Gasteiger partial charge on any atom is 0.345 e. The van der Waals surface area contributed by atoms with E-state index in [1.165, 1.54) is 24.3 Å². The Labute approximate surface area is 143 Å². The highest BCUT2D eigenvalue weighted by atomic mass is 16.5. The van der Waals surface area contributed by atoms with Crippen molar-refractivity contribution in [1.29, 1.82) is 0 Å². The van der Waals surface area contributed by atoms with Gasteiger partial charge in [0.1, 0.15) is 6.04 Å². The maximum absolute atomic E-state index is 12.2. The monoisotopic (exact) mass is 343 g/mol. The summed E-state index contributed by atoms with van der Waals surface area (Å²) in [5.41, 5.74) is 17.3. The van der Waals surface area contributed by atoms with Gasteiger partial charge in [0.15, 0.2) is 11.5 Å². The molecule has 0 heterocycles. The number of carboxylic acid groups (broad SMARTS) is 1. The zero-order valence-corrected chi connectivity index (χ0v) is 13.1. The highest BCUT2D eigenvalue weighted by Gasteiger charge is 2.21. The normalized spacial score (nSPS) is 11.6. The molecule has 0 aliphatic heterocycles. The molecule has 0 fully saturated rings. The van der Waals surface area contributed by atoms with Gasteiger partial charge in [-0.3, -0.25) is 9.59 Å². The Bertz CT molecular complexity index is 835. The summed E-state index contributed by atoms with van der Waals surface area (Å²) in [5.74, 6) is -2.61. The van der Waals surface area contributed by atoms with Crippen molar-refractivity contribution < 1.29 is 24.2 Å². The van der Waals surface area contributed by atoms with Gasteiger partial charge in [0.2, 0.25) is 0 Å². The number of rotatable bonds is 6. The Morgan fingerprint density at radius 2 is 1.64 bits per heavy atom. The van der Waals surface area contributed by atoms with E-state index in [2.05, 4.69) is 0 Å². The zero-order valence-electron chi connectivity index (χ0n) is 13.1. The van der Waals surface area contributed by atoms with Gasteiger partial charge in [0, 0.05) is 17.7 Å². The number of nitrogens with two attached hydrogens (primary N) is 3. The standard InChI is InChI=1S/C17H17N3O5/c18-11-6-2-1-4-9(11)17(24)25-14-7-3-5-10(15(14)20)13(21)8-12(19)16(22)23/h1-7,12H,8,18-20H2,(H,22,23)/t12-/m0/s1. The minimum Gasteiger partial charge on any atom is -0.480 e. The Morgan fingerprint density at radius 3 is 2.28 bits per heavy atom. The summed E-state index contributed by atoms with van der Waals surface area (Å²) < 4.78 is 5.21. The second-order valence-corrected chi connectivity index (χ2v) is 5.27. The fourth-order valence-corrected chi connectivity index (χ4v) is 2.11. The topological polar surface area (TPSA) is 159 Å². The molecule has 7 N–H and O–H groups in total. The number of hydrogen-bond acceptors (Lipinski definition) is 7. The van der Waals surface area contributed by atoms with Gasteiger partial charge in [0.05, 0.1) is 11.3 Å². The second kappa shape index (κ2) is 7.45. The molecule has 25 heavy (non-hydrogen) atoms. The molecule has 0 saturated carbocycles. The molecule has 0 amide bonds. The van der Waals surface area contributed by atoms with Crippen molar-refractivity contribution in [3.05, 3.63) is 53.6 Å². The number of esters is 1. The molecule has 0 unspecified atom stereocenters. The lowest BCUT2D eigenvalue weighted by Gasteiger charge is -2.12. The fraction of sp³-hybridized carbons (Fsp3) is 0.118. The van der Waals surface area contributed by atoms with E-state index >= 15 is 0 Å². The third-order valence-electron chi connectivity index (χ3n) is 3.47. The minimum absolute atomic E-state index is 0.0250. The first-order valence-electron chi connectivity index (χ1n) is 7.28. The largest absolute Gasteiger partial charge is 0.480 e. The molecular weight excluding hydrogens is 326 g/mol. The second-order valence-electron chi connectivity index (χ2n) is 5.27. The van der Waals surface area contributed by atoms with Gasteiger partial charge in [-0.2, -0.15) is 0 Å². The molecule has 0 aliphatic carbocycles. The highest BCUT2D eigenvalue weighted by Crippen LogP contribution is 2.28. The Morgan fingerprint density at radius 1 is 1.00 bits per heavy atom. The van der Waals surface area contributed by atoms with Gasteiger partial charge in [-0.15, -0.1) is 0 Å². The lowest BCUT2D eigenvalue weighted by Crippen LogP contribution is -2.32. The molecule has 8 nitrogen and oxygen atoms in total. The van der Waals surface area contributed by atoms with Crippen LogP contribution in [0.25, 0.3) is 0 Å². The van der Waals surface area contributed by atoms with Crippen LogP contribution >= 0.6 is 0 Å². The van der Waals surface area contributed by atoms with Crippen molar-refractivity contribution in [2.45, 2.75) is 12.5 Å². The van der Waals surface area contributed by atoms with Crippen LogP contribution < -0.4 is 21.9 Å². The maximum atomic E-state index is 12.2. The SMILES string of the molecule is Nc1ccccc1C(=O)Oc1cccc(C(=O)C[C@H](N)C(=O)O)c1N. The van der Waals surface area contributed by atoms with Gasteiger partial charge in [-0.1, -0.05) is 18.2 Å². The molecule has 1 atom stereocenters.